The normalized spacial score (nSPS) is 29.8. The highest BCUT2D eigenvalue weighted by Crippen LogP contribution is 2.42. The van der Waals surface area contributed by atoms with Crippen molar-refractivity contribution in [1.29, 1.82) is 0 Å². The molecule has 0 radical (unpaired) electrons. The summed E-state index contributed by atoms with van der Waals surface area (Å²) >= 11 is 0. The van der Waals surface area contributed by atoms with Crippen LogP contribution in [0.2, 0.25) is 0 Å². The highest BCUT2D eigenvalue weighted by atomic mass is 16.5. The molecule has 2 unspecified atom stereocenters. The second-order valence-electron chi connectivity index (χ2n) is 7.84. The van der Waals surface area contributed by atoms with Crippen molar-refractivity contribution >= 4 is 5.91 Å². The molecule has 0 saturated carbocycles. The van der Waals surface area contributed by atoms with E-state index in [9.17, 15) is 4.79 Å². The van der Waals surface area contributed by atoms with Gasteiger partial charge in [-0.1, -0.05) is 30.3 Å². The number of benzene rings is 1. The van der Waals surface area contributed by atoms with Gasteiger partial charge in [-0.15, -0.1) is 0 Å². The predicted molar refractivity (Wildman–Crippen MR) is 97.4 cm³/mol. The summed E-state index contributed by atoms with van der Waals surface area (Å²) in [5.74, 6) is 0.947. The van der Waals surface area contributed by atoms with Crippen LogP contribution < -0.4 is 5.32 Å². The van der Waals surface area contributed by atoms with Gasteiger partial charge in [-0.25, -0.2) is 0 Å². The molecule has 5 nitrogen and oxygen atoms in total. The second kappa shape index (κ2) is 7.44. The van der Waals surface area contributed by atoms with Gasteiger partial charge in [0.05, 0.1) is 19.8 Å². The summed E-state index contributed by atoms with van der Waals surface area (Å²) in [6.07, 6.45) is 2.33. The monoisotopic (exact) mass is 343 g/mol. The number of nitrogens with one attached hydrogen (secondary N) is 1. The lowest BCUT2D eigenvalue weighted by Gasteiger charge is -2.30. The Bertz CT molecular complexity index is 588. The molecule has 3 saturated heterocycles. The average Bonchev–Trinajstić information content (AvgIpc) is 3.18. The second-order valence-corrected chi connectivity index (χ2v) is 7.84. The summed E-state index contributed by atoms with van der Waals surface area (Å²) in [5.41, 5.74) is 1.76. The third-order valence-corrected chi connectivity index (χ3v) is 6.23. The molecule has 4 rings (SSSR count). The molecule has 1 N–H and O–H groups in total. The van der Waals surface area contributed by atoms with Gasteiger partial charge in [-0.05, 0) is 30.9 Å². The smallest absolute Gasteiger partial charge is 0.236 e. The van der Waals surface area contributed by atoms with E-state index < -0.39 is 0 Å². The molecular formula is C20H29N3O2. The van der Waals surface area contributed by atoms with Crippen molar-refractivity contribution in [3.8, 4) is 0 Å². The van der Waals surface area contributed by atoms with Crippen LogP contribution in [0.3, 0.4) is 0 Å². The van der Waals surface area contributed by atoms with Gasteiger partial charge in [0.15, 0.2) is 0 Å². The fourth-order valence-electron chi connectivity index (χ4n) is 4.75. The first-order chi connectivity index (χ1) is 12.3. The average molecular weight is 343 g/mol. The number of ether oxygens (including phenoxy) is 1. The quantitative estimate of drug-likeness (QED) is 0.866. The molecule has 136 valence electrons. The summed E-state index contributed by atoms with van der Waals surface area (Å²) in [6, 6.07) is 10.8. The summed E-state index contributed by atoms with van der Waals surface area (Å²) in [6.45, 7) is 7.71. The number of fused-ring (bicyclic) bond motifs is 1. The van der Waals surface area contributed by atoms with Gasteiger partial charge in [-0.2, -0.15) is 0 Å². The number of likely N-dealkylation sites (tertiary alicyclic amines) is 1. The molecule has 0 aliphatic carbocycles. The van der Waals surface area contributed by atoms with E-state index in [1.54, 1.807) is 0 Å². The lowest BCUT2D eigenvalue weighted by molar-refractivity contribution is -0.136. The first-order valence-corrected chi connectivity index (χ1v) is 9.58. The molecule has 5 heteroatoms. The van der Waals surface area contributed by atoms with Gasteiger partial charge in [0.2, 0.25) is 5.91 Å². The van der Waals surface area contributed by atoms with Crippen LogP contribution in [-0.2, 0) is 16.0 Å². The summed E-state index contributed by atoms with van der Waals surface area (Å²) in [4.78, 5) is 16.9. The van der Waals surface area contributed by atoms with Crippen molar-refractivity contribution in [3.05, 3.63) is 35.9 Å². The predicted octanol–water partition coefficient (Wildman–Crippen LogP) is 0.999. The molecule has 2 atom stereocenters. The molecule has 3 fully saturated rings. The third kappa shape index (κ3) is 3.73. The number of carbonyl (C=O) groups excluding carboxylic acids is 1. The number of rotatable bonds is 5. The highest BCUT2D eigenvalue weighted by Gasteiger charge is 2.49. The molecule has 0 bridgehead atoms. The molecular weight excluding hydrogens is 314 g/mol. The number of morpholine rings is 1. The minimum absolute atomic E-state index is 0.273. The maximum Gasteiger partial charge on any atom is 0.236 e. The SMILES string of the molecule is O=C(CN1CC2CNCC2(CCc2ccccc2)C1)N1CCOCC1. The van der Waals surface area contributed by atoms with Crippen LogP contribution in [0.1, 0.15) is 12.0 Å². The van der Waals surface area contributed by atoms with E-state index in [1.807, 2.05) is 4.90 Å². The number of hydrogen-bond donors (Lipinski definition) is 1. The molecule has 0 aromatic heterocycles. The van der Waals surface area contributed by atoms with Crippen LogP contribution in [0.25, 0.3) is 0 Å². The van der Waals surface area contributed by atoms with Crippen molar-refractivity contribution in [1.82, 2.24) is 15.1 Å². The minimum Gasteiger partial charge on any atom is -0.378 e. The van der Waals surface area contributed by atoms with Gasteiger partial charge in [0, 0.05) is 38.1 Å². The molecule has 0 spiro atoms. The maximum atomic E-state index is 12.6. The standard InChI is InChI=1S/C20H29N3O2/c24-19(23-8-10-25-11-9-23)14-22-13-18-12-21-15-20(18,16-22)7-6-17-4-2-1-3-5-17/h1-5,18,21H,6-16H2. The topological polar surface area (TPSA) is 44.8 Å². The Morgan fingerprint density at radius 3 is 2.84 bits per heavy atom. The fourth-order valence-corrected chi connectivity index (χ4v) is 4.75. The van der Waals surface area contributed by atoms with E-state index in [-0.39, 0.29) is 5.91 Å². The Kier molecular flexibility index (Phi) is 5.06. The van der Waals surface area contributed by atoms with Gasteiger partial charge in [-0.3, -0.25) is 9.69 Å². The Morgan fingerprint density at radius 2 is 2.04 bits per heavy atom. The highest BCUT2D eigenvalue weighted by molar-refractivity contribution is 5.78. The van der Waals surface area contributed by atoms with Crippen molar-refractivity contribution in [2.75, 3.05) is 59.0 Å². The van der Waals surface area contributed by atoms with E-state index in [1.165, 1.54) is 12.0 Å². The Hall–Kier alpha value is -1.43. The van der Waals surface area contributed by atoms with Crippen molar-refractivity contribution in [2.24, 2.45) is 11.3 Å². The molecule has 25 heavy (non-hydrogen) atoms. The summed E-state index contributed by atoms with van der Waals surface area (Å²) in [5, 5.41) is 3.60. The first-order valence-electron chi connectivity index (χ1n) is 9.58. The number of carbonyl (C=O) groups is 1. The van der Waals surface area contributed by atoms with Gasteiger partial charge >= 0.3 is 0 Å². The summed E-state index contributed by atoms with van der Waals surface area (Å²) < 4.78 is 5.35. The number of amides is 1. The van der Waals surface area contributed by atoms with Crippen molar-refractivity contribution in [2.45, 2.75) is 12.8 Å². The molecule has 1 amide bonds. The fraction of sp³-hybridized carbons (Fsp3) is 0.650. The molecule has 1 aromatic rings. The molecule has 3 aliphatic heterocycles. The zero-order chi connectivity index (χ0) is 17.1. The third-order valence-electron chi connectivity index (χ3n) is 6.23. The summed E-state index contributed by atoms with van der Waals surface area (Å²) in [7, 11) is 0. The van der Waals surface area contributed by atoms with Crippen LogP contribution in [-0.4, -0.2) is 74.7 Å². The number of hydrogen-bond acceptors (Lipinski definition) is 4. The van der Waals surface area contributed by atoms with Crippen molar-refractivity contribution in [3.63, 3.8) is 0 Å². The van der Waals surface area contributed by atoms with E-state index in [4.69, 9.17) is 4.74 Å². The minimum atomic E-state index is 0.273. The van der Waals surface area contributed by atoms with Crippen LogP contribution in [0.4, 0.5) is 0 Å². The lowest BCUT2D eigenvalue weighted by Crippen LogP contribution is -2.46. The van der Waals surface area contributed by atoms with Crippen LogP contribution in [0.15, 0.2) is 30.3 Å². The molecule has 3 heterocycles. The van der Waals surface area contributed by atoms with E-state index in [0.29, 0.717) is 31.1 Å². The van der Waals surface area contributed by atoms with Crippen LogP contribution >= 0.6 is 0 Å². The van der Waals surface area contributed by atoms with E-state index in [0.717, 1.165) is 45.7 Å². The van der Waals surface area contributed by atoms with Gasteiger partial charge in [0.25, 0.3) is 0 Å². The van der Waals surface area contributed by atoms with Gasteiger partial charge in [0.1, 0.15) is 0 Å². The van der Waals surface area contributed by atoms with E-state index in [2.05, 4.69) is 40.5 Å². The largest absolute Gasteiger partial charge is 0.378 e. The number of aryl methyl sites for hydroxylation is 1. The maximum absolute atomic E-state index is 12.6. The molecule has 3 aliphatic rings. The number of nitrogens with zero attached hydrogens (tertiary/aromatic N) is 2. The Labute approximate surface area is 150 Å². The van der Waals surface area contributed by atoms with E-state index >= 15 is 0 Å². The first kappa shape index (κ1) is 17.0. The van der Waals surface area contributed by atoms with Crippen molar-refractivity contribution < 1.29 is 9.53 Å². The molecule has 1 aromatic carbocycles. The lowest BCUT2D eigenvalue weighted by atomic mass is 9.76. The zero-order valence-electron chi connectivity index (χ0n) is 15.0. The zero-order valence-corrected chi connectivity index (χ0v) is 15.0. The van der Waals surface area contributed by atoms with Crippen LogP contribution in [0.5, 0.6) is 0 Å². The van der Waals surface area contributed by atoms with Gasteiger partial charge < -0.3 is 15.0 Å². The Balaban J connectivity index is 1.35. The Morgan fingerprint density at radius 1 is 1.24 bits per heavy atom. The van der Waals surface area contributed by atoms with Crippen LogP contribution in [0, 0.1) is 11.3 Å².